The lowest BCUT2D eigenvalue weighted by atomic mass is 10.3. The summed E-state index contributed by atoms with van der Waals surface area (Å²) in [4.78, 5) is 12.2. The lowest BCUT2D eigenvalue weighted by molar-refractivity contribution is -0.113. The molecule has 0 saturated carbocycles. The van der Waals surface area contributed by atoms with Gasteiger partial charge >= 0.3 is 0 Å². The number of amides is 1. The molecule has 2 aromatic heterocycles. The Labute approximate surface area is 153 Å². The number of aromatic nitrogens is 4. The molecule has 1 amide bonds. The third-order valence-electron chi connectivity index (χ3n) is 3.36. The van der Waals surface area contributed by atoms with E-state index in [-0.39, 0.29) is 11.7 Å². The summed E-state index contributed by atoms with van der Waals surface area (Å²) in [6, 6.07) is 8.91. The van der Waals surface area contributed by atoms with Crippen molar-refractivity contribution in [1.29, 1.82) is 0 Å². The van der Waals surface area contributed by atoms with Crippen LogP contribution in [0.3, 0.4) is 0 Å². The first kappa shape index (κ1) is 17.4. The molecule has 25 heavy (non-hydrogen) atoms. The molecule has 7 nitrogen and oxygen atoms in total. The van der Waals surface area contributed by atoms with Gasteiger partial charge < -0.3 is 10.1 Å². The maximum Gasteiger partial charge on any atom is 0.234 e. The van der Waals surface area contributed by atoms with Gasteiger partial charge in [0, 0.05) is 18.1 Å². The molecule has 0 atom stereocenters. The SMILES string of the molecule is COc1ccc(NC(=O)CSc2nnc(C)n2-n2cccc2)cc1Cl. The van der Waals surface area contributed by atoms with Crippen molar-refractivity contribution in [2.24, 2.45) is 0 Å². The van der Waals surface area contributed by atoms with Crippen molar-refractivity contribution >= 4 is 35.0 Å². The quantitative estimate of drug-likeness (QED) is 0.668. The minimum atomic E-state index is -0.161. The van der Waals surface area contributed by atoms with Gasteiger partial charge in [0.2, 0.25) is 11.1 Å². The highest BCUT2D eigenvalue weighted by atomic mass is 35.5. The molecular formula is C16H16ClN5O2S. The van der Waals surface area contributed by atoms with Crippen molar-refractivity contribution in [3.05, 3.63) is 53.6 Å². The van der Waals surface area contributed by atoms with Crippen molar-refractivity contribution in [3.63, 3.8) is 0 Å². The summed E-state index contributed by atoms with van der Waals surface area (Å²) in [5, 5.41) is 12.1. The minimum absolute atomic E-state index is 0.161. The maximum absolute atomic E-state index is 12.2. The lowest BCUT2D eigenvalue weighted by Crippen LogP contribution is -2.16. The zero-order chi connectivity index (χ0) is 17.8. The van der Waals surface area contributed by atoms with E-state index in [0.29, 0.717) is 21.6 Å². The number of benzene rings is 1. The van der Waals surface area contributed by atoms with Crippen molar-refractivity contribution in [2.75, 3.05) is 18.2 Å². The molecule has 3 aromatic rings. The van der Waals surface area contributed by atoms with E-state index in [1.807, 2.05) is 40.8 Å². The summed E-state index contributed by atoms with van der Waals surface area (Å²) in [5.41, 5.74) is 0.611. The van der Waals surface area contributed by atoms with E-state index in [9.17, 15) is 4.79 Å². The number of rotatable bonds is 6. The predicted molar refractivity (Wildman–Crippen MR) is 97.3 cm³/mol. The van der Waals surface area contributed by atoms with E-state index in [1.54, 1.807) is 25.3 Å². The van der Waals surface area contributed by atoms with Gasteiger partial charge in [-0.05, 0) is 37.3 Å². The first-order valence-corrected chi connectivity index (χ1v) is 8.76. The van der Waals surface area contributed by atoms with E-state index < -0.39 is 0 Å². The molecule has 0 radical (unpaired) electrons. The average Bonchev–Trinajstić information content (AvgIpc) is 3.22. The predicted octanol–water partition coefficient (Wildman–Crippen LogP) is 3.09. The maximum atomic E-state index is 12.2. The van der Waals surface area contributed by atoms with Gasteiger partial charge in [-0.2, -0.15) is 0 Å². The summed E-state index contributed by atoms with van der Waals surface area (Å²) in [6.45, 7) is 1.86. The van der Waals surface area contributed by atoms with Crippen LogP contribution in [0.5, 0.6) is 5.75 Å². The number of hydrogen-bond acceptors (Lipinski definition) is 5. The van der Waals surface area contributed by atoms with Crippen molar-refractivity contribution in [3.8, 4) is 5.75 Å². The molecule has 0 aliphatic rings. The van der Waals surface area contributed by atoms with Crippen LogP contribution in [-0.4, -0.2) is 38.3 Å². The molecule has 0 spiro atoms. The number of nitrogens with zero attached hydrogens (tertiary/aromatic N) is 4. The number of ether oxygens (including phenoxy) is 1. The number of hydrogen-bond donors (Lipinski definition) is 1. The largest absolute Gasteiger partial charge is 0.495 e. The Bertz CT molecular complexity index is 879. The van der Waals surface area contributed by atoms with E-state index in [2.05, 4.69) is 15.5 Å². The molecule has 1 aromatic carbocycles. The topological polar surface area (TPSA) is 74.0 Å². The third kappa shape index (κ3) is 3.97. The van der Waals surface area contributed by atoms with Crippen molar-refractivity contribution in [1.82, 2.24) is 19.5 Å². The Morgan fingerprint density at radius 1 is 1.32 bits per heavy atom. The Kier molecular flexibility index (Phi) is 5.30. The molecule has 0 bridgehead atoms. The molecule has 0 fully saturated rings. The van der Waals surface area contributed by atoms with Crippen LogP contribution < -0.4 is 10.1 Å². The summed E-state index contributed by atoms with van der Waals surface area (Å²) < 4.78 is 8.79. The van der Waals surface area contributed by atoms with Gasteiger partial charge in [0.15, 0.2) is 5.82 Å². The molecule has 0 saturated heterocycles. The normalized spacial score (nSPS) is 10.7. The van der Waals surface area contributed by atoms with Crippen molar-refractivity contribution < 1.29 is 9.53 Å². The molecule has 0 aliphatic carbocycles. The fourth-order valence-corrected chi connectivity index (χ4v) is 3.26. The molecule has 0 aliphatic heterocycles. The number of thioether (sulfide) groups is 1. The van der Waals surface area contributed by atoms with Crippen LogP contribution in [0, 0.1) is 6.92 Å². The zero-order valence-electron chi connectivity index (χ0n) is 13.6. The van der Waals surface area contributed by atoms with Gasteiger partial charge in [-0.15, -0.1) is 10.2 Å². The first-order valence-electron chi connectivity index (χ1n) is 7.40. The number of carbonyl (C=O) groups is 1. The average molecular weight is 378 g/mol. The summed E-state index contributed by atoms with van der Waals surface area (Å²) in [7, 11) is 1.54. The Hall–Kier alpha value is -2.45. The van der Waals surface area contributed by atoms with E-state index in [0.717, 1.165) is 5.82 Å². The summed E-state index contributed by atoms with van der Waals surface area (Å²) in [6.07, 6.45) is 3.78. The van der Waals surface area contributed by atoms with Crippen LogP contribution in [-0.2, 0) is 4.79 Å². The second kappa shape index (κ2) is 7.62. The highest BCUT2D eigenvalue weighted by Crippen LogP contribution is 2.27. The van der Waals surface area contributed by atoms with Gasteiger partial charge in [-0.3, -0.25) is 9.47 Å². The first-order chi connectivity index (χ1) is 12.1. The molecule has 3 rings (SSSR count). The van der Waals surface area contributed by atoms with E-state index in [4.69, 9.17) is 16.3 Å². The van der Waals surface area contributed by atoms with Gasteiger partial charge in [0.1, 0.15) is 5.75 Å². The monoisotopic (exact) mass is 377 g/mol. The van der Waals surface area contributed by atoms with Crippen LogP contribution >= 0.6 is 23.4 Å². The van der Waals surface area contributed by atoms with Crippen molar-refractivity contribution in [2.45, 2.75) is 12.1 Å². The number of methoxy groups -OCH3 is 1. The highest BCUT2D eigenvalue weighted by molar-refractivity contribution is 7.99. The Balaban J connectivity index is 1.65. The van der Waals surface area contributed by atoms with Gasteiger partial charge in [0.05, 0.1) is 17.9 Å². The Morgan fingerprint density at radius 2 is 2.08 bits per heavy atom. The molecule has 1 N–H and O–H groups in total. The third-order valence-corrected chi connectivity index (χ3v) is 4.57. The number of nitrogens with one attached hydrogen (secondary N) is 1. The zero-order valence-corrected chi connectivity index (χ0v) is 15.2. The molecule has 130 valence electrons. The molecule has 0 unspecified atom stereocenters. The number of anilines is 1. The van der Waals surface area contributed by atoms with Crippen LogP contribution in [0.1, 0.15) is 5.82 Å². The number of aryl methyl sites for hydroxylation is 1. The fraction of sp³-hybridized carbons (Fsp3) is 0.188. The second-order valence-electron chi connectivity index (χ2n) is 5.09. The standard InChI is InChI=1S/C16H16ClN5O2S/c1-11-19-20-16(22(11)21-7-3-4-8-21)25-10-15(23)18-12-5-6-14(24-2)13(17)9-12/h3-9H,10H2,1-2H3,(H,18,23). The van der Waals surface area contributed by atoms with Gasteiger partial charge in [-0.1, -0.05) is 23.4 Å². The van der Waals surface area contributed by atoms with Gasteiger partial charge in [0.25, 0.3) is 0 Å². The summed E-state index contributed by atoms with van der Waals surface area (Å²) >= 11 is 7.36. The van der Waals surface area contributed by atoms with E-state index in [1.165, 1.54) is 11.8 Å². The van der Waals surface area contributed by atoms with E-state index >= 15 is 0 Å². The molecule has 9 heteroatoms. The smallest absolute Gasteiger partial charge is 0.234 e. The van der Waals surface area contributed by atoms with Crippen LogP contribution in [0.4, 0.5) is 5.69 Å². The van der Waals surface area contributed by atoms with Crippen LogP contribution in [0.2, 0.25) is 5.02 Å². The molecule has 2 heterocycles. The van der Waals surface area contributed by atoms with Crippen LogP contribution in [0.15, 0.2) is 47.9 Å². The summed E-state index contributed by atoms with van der Waals surface area (Å²) in [5.74, 6) is 1.33. The number of carbonyl (C=O) groups excluding carboxylic acids is 1. The second-order valence-corrected chi connectivity index (χ2v) is 6.44. The van der Waals surface area contributed by atoms with Crippen LogP contribution in [0.25, 0.3) is 0 Å². The minimum Gasteiger partial charge on any atom is -0.495 e. The fourth-order valence-electron chi connectivity index (χ4n) is 2.22. The van der Waals surface area contributed by atoms with Gasteiger partial charge in [-0.25, -0.2) is 4.68 Å². The molecular weight excluding hydrogens is 362 g/mol. The Morgan fingerprint density at radius 3 is 2.76 bits per heavy atom. The lowest BCUT2D eigenvalue weighted by Gasteiger charge is -2.10. The highest BCUT2D eigenvalue weighted by Gasteiger charge is 2.13. The number of halogens is 1.